The minimum absolute atomic E-state index is 0.208. The molecule has 1 unspecified atom stereocenters. The molecule has 0 aliphatic carbocycles. The SMILES string of the molecule is O=c1[nH]c(CN2CCC(CO)C2)nc2c1oc1ccc(Br)cc12. The van der Waals surface area contributed by atoms with E-state index in [1.54, 1.807) is 0 Å². The predicted molar refractivity (Wildman–Crippen MR) is 90.3 cm³/mol. The van der Waals surface area contributed by atoms with E-state index in [1.165, 1.54) is 0 Å². The molecule has 2 N–H and O–H groups in total. The largest absolute Gasteiger partial charge is 0.449 e. The van der Waals surface area contributed by atoms with E-state index >= 15 is 0 Å². The van der Waals surface area contributed by atoms with Gasteiger partial charge in [-0.25, -0.2) is 4.98 Å². The second-order valence-electron chi connectivity index (χ2n) is 6.01. The van der Waals surface area contributed by atoms with Crippen molar-refractivity contribution in [1.29, 1.82) is 0 Å². The molecule has 0 radical (unpaired) electrons. The van der Waals surface area contributed by atoms with E-state index in [0.29, 0.717) is 29.4 Å². The van der Waals surface area contributed by atoms with Crippen molar-refractivity contribution in [3.05, 3.63) is 38.9 Å². The number of fused-ring (bicyclic) bond motifs is 3. The van der Waals surface area contributed by atoms with Crippen molar-refractivity contribution in [2.75, 3.05) is 19.7 Å². The van der Waals surface area contributed by atoms with Gasteiger partial charge in [0.15, 0.2) is 0 Å². The standard InChI is InChI=1S/C16H16BrN3O3/c17-10-1-2-12-11(5-10)14-15(23-12)16(22)19-13(18-14)7-20-4-3-9(6-20)8-21/h1-2,5,9,21H,3-4,6-8H2,(H,18,19,22). The summed E-state index contributed by atoms with van der Waals surface area (Å²) in [5, 5.41) is 10.1. The molecule has 1 atom stereocenters. The van der Waals surface area contributed by atoms with Gasteiger partial charge in [0.05, 0.1) is 6.54 Å². The molecule has 1 aliphatic rings. The van der Waals surface area contributed by atoms with Gasteiger partial charge in [-0.2, -0.15) is 0 Å². The molecule has 0 amide bonds. The van der Waals surface area contributed by atoms with Crippen molar-refractivity contribution in [1.82, 2.24) is 14.9 Å². The fourth-order valence-corrected chi connectivity index (χ4v) is 3.53. The molecule has 3 aromatic rings. The van der Waals surface area contributed by atoms with Crippen molar-refractivity contribution in [2.45, 2.75) is 13.0 Å². The average molecular weight is 378 g/mol. The Labute approximate surface area is 140 Å². The molecule has 0 saturated carbocycles. The van der Waals surface area contributed by atoms with Gasteiger partial charge in [-0.3, -0.25) is 9.69 Å². The number of rotatable bonds is 3. The predicted octanol–water partition coefficient (Wildman–Crippen LogP) is 2.25. The van der Waals surface area contributed by atoms with Crippen LogP contribution in [0.25, 0.3) is 22.1 Å². The number of hydrogen-bond acceptors (Lipinski definition) is 5. The van der Waals surface area contributed by atoms with Crippen LogP contribution in [0.1, 0.15) is 12.2 Å². The summed E-state index contributed by atoms with van der Waals surface area (Å²) in [4.78, 5) is 21.9. The second-order valence-corrected chi connectivity index (χ2v) is 6.92. The van der Waals surface area contributed by atoms with Crippen molar-refractivity contribution in [3.63, 3.8) is 0 Å². The maximum Gasteiger partial charge on any atom is 0.294 e. The fourth-order valence-electron chi connectivity index (χ4n) is 3.16. The van der Waals surface area contributed by atoms with Crippen molar-refractivity contribution in [2.24, 2.45) is 5.92 Å². The van der Waals surface area contributed by atoms with Gasteiger partial charge in [0.2, 0.25) is 5.58 Å². The van der Waals surface area contributed by atoms with E-state index in [9.17, 15) is 9.90 Å². The third kappa shape index (κ3) is 2.69. The van der Waals surface area contributed by atoms with E-state index in [0.717, 1.165) is 29.4 Å². The summed E-state index contributed by atoms with van der Waals surface area (Å²) in [5.74, 6) is 0.944. The molecule has 0 spiro atoms. The maximum absolute atomic E-state index is 12.3. The van der Waals surface area contributed by atoms with Gasteiger partial charge in [-0.15, -0.1) is 0 Å². The lowest BCUT2D eigenvalue weighted by Crippen LogP contribution is -2.24. The molecule has 7 heteroatoms. The molecule has 1 saturated heterocycles. The summed E-state index contributed by atoms with van der Waals surface area (Å²) in [7, 11) is 0. The number of nitrogens with zero attached hydrogens (tertiary/aromatic N) is 2. The molecule has 1 fully saturated rings. The smallest absolute Gasteiger partial charge is 0.294 e. The van der Waals surface area contributed by atoms with Gasteiger partial charge in [-0.05, 0) is 37.1 Å². The summed E-state index contributed by atoms with van der Waals surface area (Å²) in [6.45, 7) is 2.52. The number of aromatic nitrogens is 2. The molecular formula is C16H16BrN3O3. The summed E-state index contributed by atoms with van der Waals surface area (Å²) >= 11 is 3.44. The van der Waals surface area contributed by atoms with Gasteiger partial charge in [0.1, 0.15) is 16.9 Å². The number of H-pyrrole nitrogens is 1. The lowest BCUT2D eigenvalue weighted by atomic mass is 10.1. The number of hydrogen-bond donors (Lipinski definition) is 2. The van der Waals surface area contributed by atoms with Crippen molar-refractivity contribution < 1.29 is 9.52 Å². The Balaban J connectivity index is 1.75. The molecule has 4 rings (SSSR count). The molecular weight excluding hydrogens is 362 g/mol. The average Bonchev–Trinajstić information content (AvgIpc) is 3.12. The topological polar surface area (TPSA) is 82.4 Å². The van der Waals surface area contributed by atoms with Crippen LogP contribution >= 0.6 is 15.9 Å². The summed E-state index contributed by atoms with van der Waals surface area (Å²) < 4.78 is 6.54. The minimum atomic E-state index is -0.254. The normalized spacial score (nSPS) is 19.1. The Morgan fingerprint density at radius 1 is 1.48 bits per heavy atom. The fraction of sp³-hybridized carbons (Fsp3) is 0.375. The third-order valence-electron chi connectivity index (χ3n) is 4.34. The van der Waals surface area contributed by atoms with Gasteiger partial charge in [0, 0.05) is 23.0 Å². The van der Waals surface area contributed by atoms with Crippen LogP contribution in [0.15, 0.2) is 31.9 Å². The monoisotopic (exact) mass is 377 g/mol. The van der Waals surface area contributed by atoms with Crippen LogP contribution in [-0.4, -0.2) is 39.7 Å². The lowest BCUT2D eigenvalue weighted by Gasteiger charge is -2.14. The van der Waals surface area contributed by atoms with E-state index < -0.39 is 0 Å². The van der Waals surface area contributed by atoms with Crippen molar-refractivity contribution >= 4 is 38.0 Å². The third-order valence-corrected chi connectivity index (χ3v) is 4.83. The van der Waals surface area contributed by atoms with Gasteiger partial charge in [-0.1, -0.05) is 15.9 Å². The van der Waals surface area contributed by atoms with E-state index in [4.69, 9.17) is 4.42 Å². The van der Waals surface area contributed by atoms with E-state index in [2.05, 4.69) is 30.8 Å². The zero-order valence-corrected chi connectivity index (χ0v) is 14.0. The van der Waals surface area contributed by atoms with Crippen LogP contribution in [0, 0.1) is 5.92 Å². The van der Waals surface area contributed by atoms with Crippen LogP contribution in [0.3, 0.4) is 0 Å². The van der Waals surface area contributed by atoms with Crippen LogP contribution in [0.5, 0.6) is 0 Å². The number of aliphatic hydroxyl groups excluding tert-OH is 1. The molecule has 120 valence electrons. The molecule has 3 heterocycles. The molecule has 1 aliphatic heterocycles. The quantitative estimate of drug-likeness (QED) is 0.731. The van der Waals surface area contributed by atoms with Gasteiger partial charge in [0.25, 0.3) is 5.56 Å². The molecule has 0 bridgehead atoms. The lowest BCUT2D eigenvalue weighted by molar-refractivity contribution is 0.219. The Hall–Kier alpha value is -1.70. The number of benzene rings is 1. The Kier molecular flexibility index (Phi) is 3.71. The highest BCUT2D eigenvalue weighted by Crippen LogP contribution is 2.28. The number of likely N-dealkylation sites (tertiary alicyclic amines) is 1. The zero-order valence-electron chi connectivity index (χ0n) is 12.4. The van der Waals surface area contributed by atoms with Crippen LogP contribution in [-0.2, 0) is 6.54 Å². The number of aromatic amines is 1. The summed E-state index contributed by atoms with van der Waals surface area (Å²) in [5.41, 5.74) is 1.25. The van der Waals surface area contributed by atoms with Crippen LogP contribution in [0.4, 0.5) is 0 Å². The second kappa shape index (κ2) is 5.74. The van der Waals surface area contributed by atoms with E-state index in [1.807, 2.05) is 18.2 Å². The number of aliphatic hydroxyl groups is 1. The number of furan rings is 1. The molecule has 23 heavy (non-hydrogen) atoms. The zero-order chi connectivity index (χ0) is 16.0. The molecule has 1 aromatic carbocycles. The molecule has 6 nitrogen and oxygen atoms in total. The number of nitrogens with one attached hydrogen (secondary N) is 1. The first-order valence-electron chi connectivity index (χ1n) is 7.58. The highest BCUT2D eigenvalue weighted by atomic mass is 79.9. The van der Waals surface area contributed by atoms with Crippen molar-refractivity contribution in [3.8, 4) is 0 Å². The van der Waals surface area contributed by atoms with E-state index in [-0.39, 0.29) is 17.7 Å². The first kappa shape index (κ1) is 14.9. The first-order chi connectivity index (χ1) is 11.1. The van der Waals surface area contributed by atoms with Crippen LogP contribution in [0.2, 0.25) is 0 Å². The van der Waals surface area contributed by atoms with Crippen LogP contribution < -0.4 is 5.56 Å². The summed E-state index contributed by atoms with van der Waals surface area (Å²) in [6, 6.07) is 5.61. The van der Waals surface area contributed by atoms with Gasteiger partial charge < -0.3 is 14.5 Å². The first-order valence-corrected chi connectivity index (χ1v) is 8.37. The highest BCUT2D eigenvalue weighted by Gasteiger charge is 2.23. The summed E-state index contributed by atoms with van der Waals surface area (Å²) in [6.07, 6.45) is 0.977. The Morgan fingerprint density at radius 3 is 3.13 bits per heavy atom. The minimum Gasteiger partial charge on any atom is -0.449 e. The Morgan fingerprint density at radius 2 is 2.35 bits per heavy atom. The Bertz CT molecular complexity index is 933. The van der Waals surface area contributed by atoms with Gasteiger partial charge >= 0.3 is 0 Å². The number of halogens is 1. The molecule has 2 aromatic heterocycles. The highest BCUT2D eigenvalue weighted by molar-refractivity contribution is 9.10. The maximum atomic E-state index is 12.3.